The molecule has 4 heteroatoms. The van der Waals surface area contributed by atoms with Crippen molar-refractivity contribution in [3.8, 4) is 11.5 Å². The third-order valence-electron chi connectivity index (χ3n) is 3.97. The lowest BCUT2D eigenvalue weighted by Crippen LogP contribution is -2.42. The van der Waals surface area contributed by atoms with Crippen LogP contribution in [0.4, 0.5) is 5.69 Å². The number of nitrogens with one attached hydrogen (secondary N) is 1. The van der Waals surface area contributed by atoms with Gasteiger partial charge in [0.1, 0.15) is 11.5 Å². The van der Waals surface area contributed by atoms with E-state index >= 15 is 0 Å². The summed E-state index contributed by atoms with van der Waals surface area (Å²) < 4.78 is 10.7. The average molecular weight is 264 g/mol. The molecule has 4 nitrogen and oxygen atoms in total. The first-order chi connectivity index (χ1) is 9.13. The summed E-state index contributed by atoms with van der Waals surface area (Å²) in [4.78, 5) is 2.40. The molecule has 1 heterocycles. The summed E-state index contributed by atoms with van der Waals surface area (Å²) in [5, 5.41) is 3.59. The molecule has 2 rings (SSSR count). The average Bonchev–Trinajstić information content (AvgIpc) is 2.43. The summed E-state index contributed by atoms with van der Waals surface area (Å²) in [6.07, 6.45) is 2.30. The second kappa shape index (κ2) is 6.15. The Morgan fingerprint density at radius 2 is 2.05 bits per heavy atom. The Hall–Kier alpha value is -1.42. The molecule has 1 aliphatic rings. The summed E-state index contributed by atoms with van der Waals surface area (Å²) in [6, 6.07) is 6.97. The zero-order valence-corrected chi connectivity index (χ0v) is 12.3. The van der Waals surface area contributed by atoms with Gasteiger partial charge in [-0.3, -0.25) is 0 Å². The minimum absolute atomic E-state index is 0.493. The van der Waals surface area contributed by atoms with Crippen molar-refractivity contribution in [1.82, 2.24) is 4.90 Å². The number of benzene rings is 1. The standard InChI is InChI=1S/C15H24N2O2/c1-11-9-12(7-8-17(11)2)16-14-10-13(18-3)5-6-15(14)19-4/h5-6,10-12,16H,7-9H2,1-4H3. The van der Waals surface area contributed by atoms with Crippen LogP contribution in [0.2, 0.25) is 0 Å². The number of rotatable bonds is 4. The molecule has 1 N–H and O–H groups in total. The highest BCUT2D eigenvalue weighted by molar-refractivity contribution is 5.60. The predicted molar refractivity (Wildman–Crippen MR) is 78.3 cm³/mol. The monoisotopic (exact) mass is 264 g/mol. The van der Waals surface area contributed by atoms with E-state index in [0.717, 1.165) is 36.6 Å². The Labute approximate surface area is 115 Å². The molecule has 0 amide bonds. The Balaban J connectivity index is 2.09. The van der Waals surface area contributed by atoms with Crippen molar-refractivity contribution in [1.29, 1.82) is 0 Å². The second-order valence-electron chi connectivity index (χ2n) is 5.26. The van der Waals surface area contributed by atoms with Gasteiger partial charge in [0.2, 0.25) is 0 Å². The second-order valence-corrected chi connectivity index (χ2v) is 5.26. The molecule has 0 bridgehead atoms. The lowest BCUT2D eigenvalue weighted by molar-refractivity contribution is 0.190. The Bertz CT molecular complexity index is 423. The van der Waals surface area contributed by atoms with E-state index in [1.165, 1.54) is 0 Å². The Morgan fingerprint density at radius 1 is 1.26 bits per heavy atom. The Kier molecular flexibility index (Phi) is 4.53. The summed E-state index contributed by atoms with van der Waals surface area (Å²) in [5.74, 6) is 1.72. The van der Waals surface area contributed by atoms with Crippen molar-refractivity contribution in [3.05, 3.63) is 18.2 Å². The van der Waals surface area contributed by atoms with E-state index in [4.69, 9.17) is 9.47 Å². The first kappa shape index (κ1) is 14.0. The van der Waals surface area contributed by atoms with Gasteiger partial charge < -0.3 is 19.7 Å². The maximum absolute atomic E-state index is 5.41. The number of likely N-dealkylation sites (tertiary alicyclic amines) is 1. The molecule has 2 unspecified atom stereocenters. The molecule has 0 aromatic heterocycles. The van der Waals surface area contributed by atoms with Gasteiger partial charge in [-0.25, -0.2) is 0 Å². The van der Waals surface area contributed by atoms with Crippen molar-refractivity contribution in [2.75, 3.05) is 33.1 Å². The van der Waals surface area contributed by atoms with Gasteiger partial charge in [0.25, 0.3) is 0 Å². The third-order valence-corrected chi connectivity index (χ3v) is 3.97. The number of piperidine rings is 1. The molecule has 0 spiro atoms. The lowest BCUT2D eigenvalue weighted by atomic mass is 9.98. The molecule has 0 saturated carbocycles. The normalized spacial score (nSPS) is 24.0. The Morgan fingerprint density at radius 3 is 2.68 bits per heavy atom. The van der Waals surface area contributed by atoms with E-state index < -0.39 is 0 Å². The van der Waals surface area contributed by atoms with E-state index in [2.05, 4.69) is 24.2 Å². The van der Waals surface area contributed by atoms with E-state index in [-0.39, 0.29) is 0 Å². The van der Waals surface area contributed by atoms with Gasteiger partial charge in [-0.05, 0) is 38.9 Å². The number of hydrogen-bond donors (Lipinski definition) is 1. The maximum Gasteiger partial charge on any atom is 0.142 e. The fourth-order valence-electron chi connectivity index (χ4n) is 2.57. The van der Waals surface area contributed by atoms with Crippen LogP contribution in [-0.2, 0) is 0 Å². The first-order valence-electron chi connectivity index (χ1n) is 6.83. The molecule has 19 heavy (non-hydrogen) atoms. The zero-order chi connectivity index (χ0) is 13.8. The van der Waals surface area contributed by atoms with Crippen LogP contribution in [0, 0.1) is 0 Å². The van der Waals surface area contributed by atoms with Gasteiger partial charge >= 0.3 is 0 Å². The van der Waals surface area contributed by atoms with Gasteiger partial charge in [0, 0.05) is 24.7 Å². The number of anilines is 1. The number of nitrogens with zero attached hydrogens (tertiary/aromatic N) is 1. The van der Waals surface area contributed by atoms with Crippen molar-refractivity contribution in [2.45, 2.75) is 31.8 Å². The summed E-state index contributed by atoms with van der Waals surface area (Å²) in [5.41, 5.74) is 1.02. The van der Waals surface area contributed by atoms with Crippen LogP contribution >= 0.6 is 0 Å². The van der Waals surface area contributed by atoms with Crippen LogP contribution in [0.5, 0.6) is 11.5 Å². The maximum atomic E-state index is 5.41. The van der Waals surface area contributed by atoms with E-state index in [9.17, 15) is 0 Å². The van der Waals surface area contributed by atoms with Crippen LogP contribution in [0.3, 0.4) is 0 Å². The van der Waals surface area contributed by atoms with Crippen molar-refractivity contribution in [2.24, 2.45) is 0 Å². The highest BCUT2D eigenvalue weighted by atomic mass is 16.5. The lowest BCUT2D eigenvalue weighted by Gasteiger charge is -2.36. The molecule has 0 radical (unpaired) electrons. The topological polar surface area (TPSA) is 33.7 Å². The van der Waals surface area contributed by atoms with Crippen LogP contribution in [0.25, 0.3) is 0 Å². The SMILES string of the molecule is COc1ccc(OC)c(NC2CCN(C)C(C)C2)c1. The fraction of sp³-hybridized carbons (Fsp3) is 0.600. The highest BCUT2D eigenvalue weighted by Gasteiger charge is 2.23. The number of hydrogen-bond acceptors (Lipinski definition) is 4. The van der Waals surface area contributed by atoms with Crippen molar-refractivity contribution < 1.29 is 9.47 Å². The minimum Gasteiger partial charge on any atom is -0.497 e. The van der Waals surface area contributed by atoms with E-state index in [1.54, 1.807) is 14.2 Å². The van der Waals surface area contributed by atoms with Gasteiger partial charge in [-0.15, -0.1) is 0 Å². The molecule has 1 aliphatic heterocycles. The van der Waals surface area contributed by atoms with Gasteiger partial charge in [-0.2, -0.15) is 0 Å². The first-order valence-corrected chi connectivity index (χ1v) is 6.83. The van der Waals surface area contributed by atoms with Crippen molar-refractivity contribution >= 4 is 5.69 Å². The molecule has 1 aromatic carbocycles. The fourth-order valence-corrected chi connectivity index (χ4v) is 2.57. The highest BCUT2D eigenvalue weighted by Crippen LogP contribution is 2.31. The molecule has 2 atom stereocenters. The molecular weight excluding hydrogens is 240 g/mol. The van der Waals surface area contributed by atoms with E-state index in [1.807, 2.05) is 18.2 Å². The molecule has 1 fully saturated rings. The number of ether oxygens (including phenoxy) is 2. The number of methoxy groups -OCH3 is 2. The molecule has 1 aromatic rings. The molecule has 0 aliphatic carbocycles. The summed E-state index contributed by atoms with van der Waals surface area (Å²) in [6.45, 7) is 3.40. The predicted octanol–water partition coefficient (Wildman–Crippen LogP) is 2.60. The third kappa shape index (κ3) is 3.32. The van der Waals surface area contributed by atoms with E-state index in [0.29, 0.717) is 12.1 Å². The minimum atomic E-state index is 0.493. The smallest absolute Gasteiger partial charge is 0.142 e. The van der Waals surface area contributed by atoms with Gasteiger partial charge in [-0.1, -0.05) is 0 Å². The van der Waals surface area contributed by atoms with Crippen LogP contribution in [0.15, 0.2) is 18.2 Å². The largest absolute Gasteiger partial charge is 0.497 e. The summed E-state index contributed by atoms with van der Waals surface area (Å²) in [7, 11) is 5.57. The summed E-state index contributed by atoms with van der Waals surface area (Å²) >= 11 is 0. The van der Waals surface area contributed by atoms with Crippen LogP contribution in [0.1, 0.15) is 19.8 Å². The zero-order valence-electron chi connectivity index (χ0n) is 12.3. The van der Waals surface area contributed by atoms with Gasteiger partial charge in [0.15, 0.2) is 0 Å². The quantitative estimate of drug-likeness (QED) is 0.906. The van der Waals surface area contributed by atoms with Crippen LogP contribution in [-0.4, -0.2) is 44.8 Å². The molecule has 106 valence electrons. The van der Waals surface area contributed by atoms with Crippen molar-refractivity contribution in [3.63, 3.8) is 0 Å². The molecule has 1 saturated heterocycles. The van der Waals surface area contributed by atoms with Crippen LogP contribution < -0.4 is 14.8 Å². The molecular formula is C15H24N2O2. The van der Waals surface area contributed by atoms with Gasteiger partial charge in [0.05, 0.1) is 19.9 Å².